The van der Waals surface area contributed by atoms with Gasteiger partial charge in [0.2, 0.25) is 5.89 Å². The van der Waals surface area contributed by atoms with E-state index in [4.69, 9.17) is 10.2 Å². The van der Waals surface area contributed by atoms with Gasteiger partial charge in [-0.15, -0.1) is 12.4 Å². The Hall–Kier alpha value is -1.53. The van der Waals surface area contributed by atoms with Crippen molar-refractivity contribution in [3.8, 4) is 11.5 Å². The van der Waals surface area contributed by atoms with Gasteiger partial charge in [0.05, 0.1) is 11.3 Å². The number of benzene rings is 1. The molecule has 1 heterocycles. The van der Waals surface area contributed by atoms with Crippen molar-refractivity contribution in [1.82, 2.24) is 4.98 Å². The van der Waals surface area contributed by atoms with E-state index in [9.17, 15) is 13.2 Å². The van der Waals surface area contributed by atoms with Crippen LogP contribution in [0.5, 0.6) is 0 Å². The Morgan fingerprint density at radius 1 is 1.28 bits per heavy atom. The minimum absolute atomic E-state index is 0. The van der Waals surface area contributed by atoms with Crippen molar-refractivity contribution in [2.45, 2.75) is 12.7 Å². The topological polar surface area (TPSA) is 52.0 Å². The van der Waals surface area contributed by atoms with Crippen LogP contribution < -0.4 is 5.73 Å². The molecule has 98 valence electrons. The van der Waals surface area contributed by atoms with E-state index in [0.29, 0.717) is 5.69 Å². The summed E-state index contributed by atoms with van der Waals surface area (Å²) in [5.74, 6) is 0.136. The standard InChI is InChI=1S/C11H9F3N2O.ClH/c12-11(13,14)8-3-1-2-7(4-8)10-16-9(5-15)6-17-10;/h1-4,6H,5,15H2;1H. The number of oxazole rings is 1. The highest BCUT2D eigenvalue weighted by Gasteiger charge is 2.30. The smallest absolute Gasteiger partial charge is 0.416 e. The molecule has 2 rings (SSSR count). The third kappa shape index (κ3) is 3.02. The van der Waals surface area contributed by atoms with Gasteiger partial charge in [-0.3, -0.25) is 0 Å². The van der Waals surface area contributed by atoms with Gasteiger partial charge in [0, 0.05) is 12.1 Å². The van der Waals surface area contributed by atoms with Gasteiger partial charge >= 0.3 is 6.18 Å². The first kappa shape index (κ1) is 14.5. The summed E-state index contributed by atoms with van der Waals surface area (Å²) in [4.78, 5) is 3.96. The highest BCUT2D eigenvalue weighted by atomic mass is 35.5. The van der Waals surface area contributed by atoms with Gasteiger partial charge in [-0.1, -0.05) is 6.07 Å². The Labute approximate surface area is 107 Å². The zero-order chi connectivity index (χ0) is 12.5. The summed E-state index contributed by atoms with van der Waals surface area (Å²) in [5, 5.41) is 0. The molecule has 1 aromatic heterocycles. The maximum absolute atomic E-state index is 12.5. The molecule has 0 amide bonds. The molecule has 7 heteroatoms. The van der Waals surface area contributed by atoms with Crippen molar-refractivity contribution >= 4 is 12.4 Å². The van der Waals surface area contributed by atoms with Gasteiger partial charge in [0.15, 0.2) is 0 Å². The fourth-order valence-corrected chi connectivity index (χ4v) is 1.36. The Morgan fingerprint density at radius 2 is 2.00 bits per heavy atom. The van der Waals surface area contributed by atoms with E-state index < -0.39 is 11.7 Å². The zero-order valence-corrected chi connectivity index (χ0v) is 9.89. The Balaban J connectivity index is 0.00000162. The van der Waals surface area contributed by atoms with Gasteiger partial charge < -0.3 is 10.2 Å². The monoisotopic (exact) mass is 278 g/mol. The molecular formula is C11H10ClF3N2O. The number of alkyl halides is 3. The van der Waals surface area contributed by atoms with Crippen LogP contribution in [-0.4, -0.2) is 4.98 Å². The molecule has 0 saturated heterocycles. The van der Waals surface area contributed by atoms with Crippen molar-refractivity contribution in [3.63, 3.8) is 0 Å². The second-order valence-electron chi connectivity index (χ2n) is 3.43. The van der Waals surface area contributed by atoms with Gasteiger partial charge in [-0.25, -0.2) is 4.98 Å². The molecule has 3 nitrogen and oxygen atoms in total. The Bertz CT molecular complexity index is 525. The third-order valence-electron chi connectivity index (χ3n) is 2.20. The summed E-state index contributed by atoms with van der Waals surface area (Å²) in [6.45, 7) is 0.183. The van der Waals surface area contributed by atoms with Crippen molar-refractivity contribution in [2.24, 2.45) is 5.73 Å². The predicted molar refractivity (Wildman–Crippen MR) is 62.1 cm³/mol. The van der Waals surface area contributed by atoms with E-state index in [1.54, 1.807) is 0 Å². The number of halogens is 4. The van der Waals surface area contributed by atoms with Gasteiger partial charge in [0.1, 0.15) is 6.26 Å². The van der Waals surface area contributed by atoms with E-state index in [1.165, 1.54) is 18.4 Å². The first-order valence-electron chi connectivity index (χ1n) is 4.83. The normalized spacial score (nSPS) is 11.1. The lowest BCUT2D eigenvalue weighted by Gasteiger charge is -2.06. The van der Waals surface area contributed by atoms with Crippen LogP contribution in [0.25, 0.3) is 11.5 Å². The molecule has 18 heavy (non-hydrogen) atoms. The molecule has 2 N–H and O–H groups in total. The average molecular weight is 279 g/mol. The number of aromatic nitrogens is 1. The zero-order valence-electron chi connectivity index (χ0n) is 9.07. The molecule has 1 aromatic carbocycles. The fraction of sp³-hybridized carbons (Fsp3) is 0.182. The van der Waals surface area contributed by atoms with E-state index in [1.807, 2.05) is 0 Å². The maximum atomic E-state index is 12.5. The molecule has 0 aliphatic carbocycles. The van der Waals surface area contributed by atoms with Crippen molar-refractivity contribution < 1.29 is 17.6 Å². The summed E-state index contributed by atoms with van der Waals surface area (Å²) in [5.41, 5.74) is 5.38. The molecule has 0 bridgehead atoms. The van der Waals surface area contributed by atoms with E-state index in [0.717, 1.165) is 12.1 Å². The Morgan fingerprint density at radius 3 is 2.56 bits per heavy atom. The molecule has 0 aliphatic rings. The van der Waals surface area contributed by atoms with Crippen LogP contribution in [0, 0.1) is 0 Å². The number of nitrogens with two attached hydrogens (primary N) is 1. The number of hydrogen-bond acceptors (Lipinski definition) is 3. The molecule has 2 aromatic rings. The highest BCUT2D eigenvalue weighted by Crippen LogP contribution is 2.31. The second kappa shape index (κ2) is 5.41. The lowest BCUT2D eigenvalue weighted by molar-refractivity contribution is -0.137. The van der Waals surface area contributed by atoms with Gasteiger partial charge in [-0.05, 0) is 18.2 Å². The fourth-order valence-electron chi connectivity index (χ4n) is 1.36. The average Bonchev–Trinajstić information content (AvgIpc) is 2.76. The van der Waals surface area contributed by atoms with Gasteiger partial charge in [0.25, 0.3) is 0 Å². The lowest BCUT2D eigenvalue weighted by Crippen LogP contribution is -2.04. The van der Waals surface area contributed by atoms with Gasteiger partial charge in [-0.2, -0.15) is 13.2 Å². The van der Waals surface area contributed by atoms with E-state index in [2.05, 4.69) is 4.98 Å². The third-order valence-corrected chi connectivity index (χ3v) is 2.20. The molecule has 0 spiro atoms. The molecule has 0 fully saturated rings. The molecule has 0 radical (unpaired) electrons. The molecule has 0 saturated carbocycles. The van der Waals surface area contributed by atoms with E-state index >= 15 is 0 Å². The largest absolute Gasteiger partial charge is 0.444 e. The van der Waals surface area contributed by atoms with Crippen LogP contribution in [0.15, 0.2) is 34.9 Å². The van der Waals surface area contributed by atoms with Crippen LogP contribution in [-0.2, 0) is 12.7 Å². The van der Waals surface area contributed by atoms with Crippen LogP contribution in [0.4, 0.5) is 13.2 Å². The van der Waals surface area contributed by atoms with Crippen molar-refractivity contribution in [2.75, 3.05) is 0 Å². The number of rotatable bonds is 2. The summed E-state index contributed by atoms with van der Waals surface area (Å²) in [7, 11) is 0. The highest BCUT2D eigenvalue weighted by molar-refractivity contribution is 5.85. The minimum atomic E-state index is -4.38. The SMILES string of the molecule is Cl.NCc1coc(-c2cccc(C(F)(F)F)c2)n1. The lowest BCUT2D eigenvalue weighted by atomic mass is 10.1. The maximum Gasteiger partial charge on any atom is 0.416 e. The van der Waals surface area contributed by atoms with Crippen LogP contribution in [0.3, 0.4) is 0 Å². The molecule has 0 unspecified atom stereocenters. The van der Waals surface area contributed by atoms with Crippen molar-refractivity contribution in [3.05, 3.63) is 41.8 Å². The number of hydrogen-bond donors (Lipinski definition) is 1. The quantitative estimate of drug-likeness (QED) is 0.917. The first-order chi connectivity index (χ1) is 8.00. The predicted octanol–water partition coefficient (Wildman–Crippen LogP) is 3.24. The minimum Gasteiger partial charge on any atom is -0.444 e. The second-order valence-corrected chi connectivity index (χ2v) is 3.43. The molecule has 0 aliphatic heterocycles. The molecular weight excluding hydrogens is 269 g/mol. The summed E-state index contributed by atoms with van der Waals surface area (Å²) in [6, 6.07) is 4.80. The number of nitrogens with zero attached hydrogens (tertiary/aromatic N) is 1. The summed E-state index contributed by atoms with van der Waals surface area (Å²) < 4.78 is 42.5. The van der Waals surface area contributed by atoms with E-state index in [-0.39, 0.29) is 30.4 Å². The molecule has 0 atom stereocenters. The van der Waals surface area contributed by atoms with Crippen LogP contribution >= 0.6 is 12.4 Å². The van der Waals surface area contributed by atoms with Crippen molar-refractivity contribution in [1.29, 1.82) is 0 Å². The Kier molecular flexibility index (Phi) is 4.37. The summed E-state index contributed by atoms with van der Waals surface area (Å²) >= 11 is 0. The van der Waals surface area contributed by atoms with Crippen LogP contribution in [0.1, 0.15) is 11.3 Å². The van der Waals surface area contributed by atoms with Crippen LogP contribution in [0.2, 0.25) is 0 Å². The summed E-state index contributed by atoms with van der Waals surface area (Å²) in [6.07, 6.45) is -3.05. The first-order valence-corrected chi connectivity index (χ1v) is 4.83.